The van der Waals surface area contributed by atoms with Crippen molar-refractivity contribution in [3.63, 3.8) is 0 Å². The number of hydrogen-bond donors (Lipinski definition) is 4. The Hall–Kier alpha value is -8.40. The summed E-state index contributed by atoms with van der Waals surface area (Å²) >= 11 is 0. The van der Waals surface area contributed by atoms with Gasteiger partial charge in [0.2, 0.25) is 17.3 Å². The van der Waals surface area contributed by atoms with Crippen molar-refractivity contribution in [2.45, 2.75) is 69.9 Å². The predicted octanol–water partition coefficient (Wildman–Crippen LogP) is 9.13. The number of fused-ring (bicyclic) bond motifs is 3. The van der Waals surface area contributed by atoms with Crippen molar-refractivity contribution in [1.82, 2.24) is 20.9 Å². The summed E-state index contributed by atoms with van der Waals surface area (Å²) in [6.45, 7) is 1.04. The van der Waals surface area contributed by atoms with Crippen molar-refractivity contribution in [2.24, 2.45) is 11.8 Å². The second kappa shape index (κ2) is 24.1. The molecule has 17 nitrogen and oxygen atoms in total. The summed E-state index contributed by atoms with van der Waals surface area (Å²) in [5.74, 6) is -5.20. The lowest BCUT2D eigenvalue weighted by Crippen LogP contribution is -2.49. The number of benzene rings is 7. The summed E-state index contributed by atoms with van der Waals surface area (Å²) in [5, 5.41) is 38.9. The van der Waals surface area contributed by atoms with E-state index in [0.717, 1.165) is 39.3 Å². The molecule has 1 heterocycles. The highest BCUT2D eigenvalue weighted by Gasteiger charge is 2.33. The number of ketones is 2. The van der Waals surface area contributed by atoms with E-state index in [4.69, 9.17) is 9.15 Å². The molecule has 0 aliphatic rings. The Balaban J connectivity index is 1.05. The van der Waals surface area contributed by atoms with E-state index in [1.165, 1.54) is 30.3 Å². The van der Waals surface area contributed by atoms with Crippen molar-refractivity contribution in [3.8, 4) is 5.75 Å². The van der Waals surface area contributed by atoms with E-state index in [1.807, 2.05) is 84.9 Å². The fourth-order valence-corrected chi connectivity index (χ4v) is 9.81. The predicted molar refractivity (Wildman–Crippen MR) is 281 cm³/mol. The molecule has 0 fully saturated rings. The Morgan fingerprint density at radius 2 is 1.16 bits per heavy atom. The summed E-state index contributed by atoms with van der Waals surface area (Å²) in [4.78, 5) is 91.5. The molecule has 0 saturated carbocycles. The van der Waals surface area contributed by atoms with Crippen LogP contribution in [0.2, 0.25) is 0 Å². The molecule has 5 atom stereocenters. The molecule has 7 aromatic carbocycles. The largest absolute Gasteiger partial charge is 0.480 e. The van der Waals surface area contributed by atoms with Gasteiger partial charge in [-0.05, 0) is 110 Å². The topological polar surface area (TPSA) is 258 Å². The Morgan fingerprint density at radius 3 is 1.77 bits per heavy atom. The number of nitro benzene ring substituents is 1. The maximum absolute atomic E-state index is 15.0. The number of Topliss-reactive ketones (excluding diaryl/α,β-unsaturated/α-hetero) is 2. The second-order valence-electron chi connectivity index (χ2n) is 18.8. The van der Waals surface area contributed by atoms with Crippen LogP contribution in [0, 0.1) is 22.0 Å². The Labute approximate surface area is 431 Å². The molecule has 75 heavy (non-hydrogen) atoms. The maximum atomic E-state index is 15.0. The second-order valence-corrected chi connectivity index (χ2v) is 20.6. The number of aromatic nitrogens is 2. The number of aliphatic carboxylic acids is 1. The third kappa shape index (κ3) is 14.4. The number of amides is 2. The molecule has 8 aromatic rings. The van der Waals surface area contributed by atoms with E-state index in [1.54, 1.807) is 36.4 Å². The number of nitro groups is 1. The van der Waals surface area contributed by atoms with Gasteiger partial charge in [-0.25, -0.2) is 14.0 Å². The number of carboxylic acid groups (broad SMARTS) is 1. The molecular weight excluding hydrogens is 978 g/mol. The number of nitrogens with zero attached hydrogens (tertiary/aromatic N) is 3. The first kappa shape index (κ1) is 52.9. The lowest BCUT2D eigenvalue weighted by molar-refractivity contribution is -0.383. The number of aryl methyl sites for hydroxylation is 1. The zero-order chi connectivity index (χ0) is 53.1. The minimum Gasteiger partial charge on any atom is -0.480 e. The lowest BCUT2D eigenvalue weighted by atomic mass is 9.87. The van der Waals surface area contributed by atoms with Crippen molar-refractivity contribution >= 4 is 75.2 Å². The molecule has 0 bridgehead atoms. The highest BCUT2D eigenvalue weighted by Crippen LogP contribution is 2.38. The van der Waals surface area contributed by atoms with E-state index in [-0.39, 0.29) is 73.2 Å². The van der Waals surface area contributed by atoms with Gasteiger partial charge in [-0.3, -0.25) is 29.3 Å². The van der Waals surface area contributed by atoms with Gasteiger partial charge in [-0.15, -0.1) is 0 Å². The van der Waals surface area contributed by atoms with Crippen LogP contribution in [0.5, 0.6) is 5.75 Å². The van der Waals surface area contributed by atoms with Crippen LogP contribution in [0.25, 0.3) is 32.6 Å². The van der Waals surface area contributed by atoms with Crippen LogP contribution in [-0.4, -0.2) is 73.3 Å². The van der Waals surface area contributed by atoms with Crippen LogP contribution < -0.4 is 15.2 Å². The Kier molecular flexibility index (Phi) is 17.0. The summed E-state index contributed by atoms with van der Waals surface area (Å²) in [7, 11) is -3.85. The van der Waals surface area contributed by atoms with Crippen molar-refractivity contribution in [3.05, 3.63) is 190 Å². The molecule has 2 unspecified atom stereocenters. The molecule has 0 spiro atoms. The molecule has 18 heteroatoms. The Morgan fingerprint density at radius 1 is 0.640 bits per heavy atom. The molecule has 0 aliphatic heterocycles. The van der Waals surface area contributed by atoms with Crippen LogP contribution in [0.3, 0.4) is 0 Å². The van der Waals surface area contributed by atoms with E-state index >= 15 is 0 Å². The molecule has 0 aliphatic carbocycles. The molecule has 0 saturated heterocycles. The molecule has 4 N–H and O–H groups in total. The molecule has 0 radical (unpaired) electrons. The minimum absolute atomic E-state index is 0.00558. The van der Waals surface area contributed by atoms with Crippen molar-refractivity contribution < 1.29 is 52.6 Å². The third-order valence-electron chi connectivity index (χ3n) is 13.1. The number of carbonyl (C=O) groups is 5. The minimum atomic E-state index is -3.85. The number of rotatable bonds is 25. The number of carbonyl (C=O) groups excluding carboxylic acids is 4. The SMILES string of the molecule is CP(=O)(O)Oc1ccc(C[C@@H](NC(=O)[C@H](CC(=O)[C@@H](Cc2ccc3ccccc3c2)NC(=O)C(CC(=O)CCCc2ccc([N+](=O)[O-])c3nonc23)Cc2ccc3ccccc3c2)Cc2ccccc2)C(=O)O)cc1. The van der Waals surface area contributed by atoms with Gasteiger partial charge in [-0.2, -0.15) is 0 Å². The molecular formula is C57H54N5O12P. The van der Waals surface area contributed by atoms with E-state index in [9.17, 15) is 48.7 Å². The standard InChI is InChI=1S/C57H54N5O12P/c1-75(71,72)73-48-25-20-37(21-26-48)32-50(57(67)68)59-56(66)46(28-36-10-3-2-4-11-36)35-52(64)49(33-39-19-23-41-13-6-8-15-44(41)30-39)58-55(65)45(31-38-18-22-40-12-5-7-14-43(40)29-38)34-47(63)17-9-16-42-24-27-51(62(69)70)54-53(42)60-74-61-54/h2-8,10-15,18-27,29-30,45-46,49-50H,9,16-17,28,31-35H2,1H3,(H,58,65)(H,59,66)(H,67,68)(H,71,72)/t45?,46-,49+,50+/m0/s1. The average molecular weight is 1030 g/mol. The first-order valence-electron chi connectivity index (χ1n) is 24.4. The van der Waals surface area contributed by atoms with Crippen LogP contribution >= 0.6 is 7.60 Å². The number of carboxylic acids is 1. The van der Waals surface area contributed by atoms with Gasteiger partial charge in [0, 0.05) is 50.3 Å². The number of hydrogen-bond acceptors (Lipinski definition) is 12. The average Bonchev–Trinajstić information content (AvgIpc) is 3.89. The summed E-state index contributed by atoms with van der Waals surface area (Å²) in [6, 6.07) is 42.1. The normalized spacial score (nSPS) is 13.8. The van der Waals surface area contributed by atoms with Crippen LogP contribution in [0.15, 0.2) is 156 Å². The van der Waals surface area contributed by atoms with Gasteiger partial charge in [0.1, 0.15) is 23.1 Å². The molecule has 1 aromatic heterocycles. The number of nitrogens with one attached hydrogen (secondary N) is 2. The smallest absolute Gasteiger partial charge is 0.373 e. The highest BCUT2D eigenvalue weighted by molar-refractivity contribution is 7.52. The lowest BCUT2D eigenvalue weighted by Gasteiger charge is -2.25. The van der Waals surface area contributed by atoms with Gasteiger partial charge in [0.05, 0.1) is 11.0 Å². The molecule has 2 amide bonds. The first-order chi connectivity index (χ1) is 36.0. The van der Waals surface area contributed by atoms with Gasteiger partial charge in [0.25, 0.3) is 0 Å². The van der Waals surface area contributed by atoms with E-state index < -0.39 is 60.0 Å². The Bertz CT molecular complexity index is 3430. The summed E-state index contributed by atoms with van der Waals surface area (Å²) in [6.07, 6.45) is 0.230. The third-order valence-corrected chi connectivity index (χ3v) is 13.6. The first-order valence-corrected chi connectivity index (χ1v) is 26.4. The molecule has 384 valence electrons. The van der Waals surface area contributed by atoms with Crippen molar-refractivity contribution in [2.75, 3.05) is 6.66 Å². The number of non-ortho nitro benzene ring substituents is 1. The summed E-state index contributed by atoms with van der Waals surface area (Å²) < 4.78 is 21.6. The van der Waals surface area contributed by atoms with E-state index in [2.05, 4.69) is 20.9 Å². The van der Waals surface area contributed by atoms with E-state index in [0.29, 0.717) is 29.5 Å². The van der Waals surface area contributed by atoms with Gasteiger partial charge >= 0.3 is 19.3 Å². The van der Waals surface area contributed by atoms with Crippen LogP contribution in [0.4, 0.5) is 5.69 Å². The van der Waals surface area contributed by atoms with Gasteiger partial charge in [-0.1, -0.05) is 127 Å². The zero-order valence-corrected chi connectivity index (χ0v) is 41.8. The fraction of sp³-hybridized carbons (Fsp3) is 0.246. The highest BCUT2D eigenvalue weighted by atomic mass is 31.2. The van der Waals surface area contributed by atoms with Crippen LogP contribution in [0.1, 0.15) is 53.5 Å². The molecule has 8 rings (SSSR count). The van der Waals surface area contributed by atoms with Gasteiger partial charge in [0.15, 0.2) is 5.78 Å². The monoisotopic (exact) mass is 1030 g/mol. The quantitative estimate of drug-likeness (QED) is 0.0236. The van der Waals surface area contributed by atoms with Crippen molar-refractivity contribution in [1.29, 1.82) is 0 Å². The van der Waals surface area contributed by atoms with Gasteiger partial charge < -0.3 is 25.2 Å². The fourth-order valence-electron chi connectivity index (χ4n) is 9.30. The van der Waals surface area contributed by atoms with Crippen LogP contribution in [-0.2, 0) is 60.6 Å². The summed E-state index contributed by atoms with van der Waals surface area (Å²) in [5.41, 5.74) is 3.31. The zero-order valence-electron chi connectivity index (χ0n) is 40.9. The maximum Gasteiger partial charge on any atom is 0.373 e.